The molecule has 4 rings (SSSR count). The van der Waals surface area contributed by atoms with Crippen LogP contribution >= 0.6 is 11.8 Å². The van der Waals surface area contributed by atoms with E-state index in [2.05, 4.69) is 0 Å². The van der Waals surface area contributed by atoms with Gasteiger partial charge in [-0.05, 0) is 49.7 Å². The van der Waals surface area contributed by atoms with Gasteiger partial charge in [0.2, 0.25) is 5.91 Å². The van der Waals surface area contributed by atoms with Gasteiger partial charge in [0.05, 0.1) is 22.3 Å². The zero-order valence-electron chi connectivity index (χ0n) is 17.7. The highest BCUT2D eigenvalue weighted by molar-refractivity contribution is 7.99. The van der Waals surface area contributed by atoms with Crippen molar-refractivity contribution in [1.29, 1.82) is 0 Å². The third-order valence-corrected chi connectivity index (χ3v) is 6.10. The largest absolute Gasteiger partial charge is 0.315 e. The Bertz CT molecular complexity index is 1320. The van der Waals surface area contributed by atoms with Gasteiger partial charge < -0.3 is 4.90 Å². The Balaban J connectivity index is 1.74. The second kappa shape index (κ2) is 8.78. The van der Waals surface area contributed by atoms with E-state index in [0.717, 1.165) is 22.5 Å². The third kappa shape index (κ3) is 4.25. The molecule has 0 unspecified atom stereocenters. The van der Waals surface area contributed by atoms with Crippen LogP contribution in [0.3, 0.4) is 0 Å². The molecule has 0 saturated carbocycles. The number of para-hydroxylation sites is 2. The summed E-state index contributed by atoms with van der Waals surface area (Å²) in [6.07, 6.45) is 0. The molecule has 0 atom stereocenters. The van der Waals surface area contributed by atoms with Crippen LogP contribution in [0.5, 0.6) is 0 Å². The lowest BCUT2D eigenvalue weighted by Crippen LogP contribution is -2.28. The van der Waals surface area contributed by atoms with Gasteiger partial charge in [0.1, 0.15) is 0 Å². The van der Waals surface area contributed by atoms with E-state index in [1.54, 1.807) is 22.6 Å². The number of hydrogen-bond donors (Lipinski definition) is 0. The average Bonchev–Trinajstić information content (AvgIpc) is 2.78. The molecule has 1 heterocycles. The number of anilines is 1. The number of fused-ring (bicyclic) bond motifs is 1. The van der Waals surface area contributed by atoms with Crippen molar-refractivity contribution in [3.8, 4) is 5.69 Å². The molecule has 0 aliphatic carbocycles. The molecule has 0 fully saturated rings. The molecule has 0 saturated heterocycles. The van der Waals surface area contributed by atoms with Gasteiger partial charge >= 0.3 is 0 Å². The van der Waals surface area contributed by atoms with Crippen LogP contribution < -0.4 is 10.5 Å². The summed E-state index contributed by atoms with van der Waals surface area (Å²) in [6.45, 7) is 4.00. The summed E-state index contributed by atoms with van der Waals surface area (Å²) in [5, 5.41) is 1.06. The molecule has 0 spiro atoms. The lowest BCUT2D eigenvalue weighted by atomic mass is 10.1. The van der Waals surface area contributed by atoms with Crippen LogP contribution in [-0.4, -0.2) is 28.3 Å². The third-order valence-electron chi connectivity index (χ3n) is 5.18. The van der Waals surface area contributed by atoms with Crippen LogP contribution in [0.4, 0.5) is 5.69 Å². The van der Waals surface area contributed by atoms with E-state index in [-0.39, 0.29) is 17.2 Å². The van der Waals surface area contributed by atoms with Crippen LogP contribution in [0.25, 0.3) is 16.6 Å². The first-order valence-corrected chi connectivity index (χ1v) is 11.0. The molecule has 6 heteroatoms. The van der Waals surface area contributed by atoms with E-state index >= 15 is 0 Å². The Kier molecular flexibility index (Phi) is 5.91. The molecule has 156 valence electrons. The number of aromatic nitrogens is 2. The molecule has 0 aliphatic rings. The fraction of sp³-hybridized carbons (Fsp3) is 0.160. The maximum Gasteiger partial charge on any atom is 0.266 e. The van der Waals surface area contributed by atoms with Crippen molar-refractivity contribution in [2.24, 2.45) is 0 Å². The second-order valence-electron chi connectivity index (χ2n) is 7.42. The molecule has 3 aromatic carbocycles. The van der Waals surface area contributed by atoms with E-state index in [4.69, 9.17) is 4.98 Å². The van der Waals surface area contributed by atoms with Crippen molar-refractivity contribution in [2.75, 3.05) is 17.7 Å². The lowest BCUT2D eigenvalue weighted by molar-refractivity contribution is -0.115. The molecular weight excluding hydrogens is 406 g/mol. The van der Waals surface area contributed by atoms with E-state index in [0.29, 0.717) is 16.1 Å². The van der Waals surface area contributed by atoms with Gasteiger partial charge in [0.25, 0.3) is 5.56 Å². The second-order valence-corrected chi connectivity index (χ2v) is 8.36. The highest BCUT2D eigenvalue weighted by Crippen LogP contribution is 2.24. The number of aryl methyl sites for hydroxylation is 2. The summed E-state index contributed by atoms with van der Waals surface area (Å²) >= 11 is 1.28. The Hall–Kier alpha value is -3.38. The number of carbonyl (C=O) groups is 1. The van der Waals surface area contributed by atoms with E-state index in [9.17, 15) is 9.59 Å². The fourth-order valence-electron chi connectivity index (χ4n) is 3.50. The van der Waals surface area contributed by atoms with Gasteiger partial charge in [0, 0.05) is 12.7 Å². The highest BCUT2D eigenvalue weighted by Gasteiger charge is 2.18. The van der Waals surface area contributed by atoms with Gasteiger partial charge in [-0.2, -0.15) is 0 Å². The first kappa shape index (κ1) is 20.9. The molecule has 5 nitrogen and oxygen atoms in total. The van der Waals surface area contributed by atoms with Crippen molar-refractivity contribution in [3.63, 3.8) is 0 Å². The molecule has 1 aromatic heterocycles. The molecule has 31 heavy (non-hydrogen) atoms. The van der Waals surface area contributed by atoms with Crippen LogP contribution in [0.2, 0.25) is 0 Å². The summed E-state index contributed by atoms with van der Waals surface area (Å²) in [6, 6.07) is 22.8. The summed E-state index contributed by atoms with van der Waals surface area (Å²) < 4.78 is 1.62. The molecule has 0 radical (unpaired) electrons. The molecule has 0 bridgehead atoms. The van der Waals surface area contributed by atoms with E-state index in [1.165, 1.54) is 11.8 Å². The number of benzene rings is 3. The predicted molar refractivity (Wildman–Crippen MR) is 127 cm³/mol. The molecular formula is C25H23N3O2S. The van der Waals surface area contributed by atoms with Gasteiger partial charge in [-0.1, -0.05) is 59.8 Å². The van der Waals surface area contributed by atoms with Crippen LogP contribution in [0, 0.1) is 13.8 Å². The number of rotatable bonds is 5. The summed E-state index contributed by atoms with van der Waals surface area (Å²) in [5.41, 5.74) is 4.20. The summed E-state index contributed by atoms with van der Waals surface area (Å²) in [7, 11) is 1.75. The fourth-order valence-corrected chi connectivity index (χ4v) is 4.42. The minimum Gasteiger partial charge on any atom is -0.315 e. The number of carbonyl (C=O) groups excluding carboxylic acids is 1. The van der Waals surface area contributed by atoms with Gasteiger partial charge in [-0.25, -0.2) is 4.98 Å². The molecule has 4 aromatic rings. The first-order chi connectivity index (χ1) is 15.0. The standard InChI is InChI=1S/C25H23N3O2S/c1-17-13-14-22(18(2)15-17)28-24(30)20-11-7-8-12-21(20)26-25(28)31-16-23(29)27(3)19-9-5-4-6-10-19/h4-15H,16H2,1-3H3. The smallest absolute Gasteiger partial charge is 0.266 e. The quantitative estimate of drug-likeness (QED) is 0.339. The Morgan fingerprint density at radius 3 is 2.45 bits per heavy atom. The van der Waals surface area contributed by atoms with E-state index in [1.807, 2.05) is 80.6 Å². The number of nitrogens with zero attached hydrogens (tertiary/aromatic N) is 3. The summed E-state index contributed by atoms with van der Waals surface area (Å²) in [4.78, 5) is 32.6. The Morgan fingerprint density at radius 2 is 1.71 bits per heavy atom. The van der Waals surface area contributed by atoms with Crippen LogP contribution in [0.1, 0.15) is 11.1 Å². The number of amides is 1. The highest BCUT2D eigenvalue weighted by atomic mass is 32.2. The SMILES string of the molecule is Cc1ccc(-n2c(SCC(=O)N(C)c3ccccc3)nc3ccccc3c2=O)c(C)c1. The topological polar surface area (TPSA) is 55.2 Å². The Labute approximate surface area is 185 Å². The van der Waals surface area contributed by atoms with Crippen molar-refractivity contribution in [2.45, 2.75) is 19.0 Å². The Morgan fingerprint density at radius 1 is 1.00 bits per heavy atom. The van der Waals surface area contributed by atoms with Crippen molar-refractivity contribution >= 4 is 34.3 Å². The minimum atomic E-state index is -0.135. The molecule has 0 aliphatic heterocycles. The average molecular weight is 430 g/mol. The van der Waals surface area contributed by atoms with Gasteiger partial charge in [-0.15, -0.1) is 0 Å². The van der Waals surface area contributed by atoms with Crippen molar-refractivity contribution in [1.82, 2.24) is 9.55 Å². The first-order valence-electron chi connectivity index (χ1n) is 9.99. The number of thioether (sulfide) groups is 1. The van der Waals surface area contributed by atoms with Gasteiger partial charge in [-0.3, -0.25) is 14.2 Å². The normalized spacial score (nSPS) is 10.9. The molecule has 1 amide bonds. The minimum absolute atomic E-state index is 0.0641. The lowest BCUT2D eigenvalue weighted by Gasteiger charge is -2.18. The maximum absolute atomic E-state index is 13.4. The zero-order valence-corrected chi connectivity index (χ0v) is 18.5. The van der Waals surface area contributed by atoms with E-state index < -0.39 is 0 Å². The van der Waals surface area contributed by atoms with Gasteiger partial charge in [0.15, 0.2) is 5.16 Å². The molecule has 0 N–H and O–H groups in total. The van der Waals surface area contributed by atoms with Crippen molar-refractivity contribution in [3.05, 3.63) is 94.3 Å². The van der Waals surface area contributed by atoms with Crippen LogP contribution in [0.15, 0.2) is 82.7 Å². The monoisotopic (exact) mass is 429 g/mol. The maximum atomic E-state index is 13.4. The van der Waals surface area contributed by atoms with Crippen molar-refractivity contribution < 1.29 is 4.79 Å². The number of hydrogen-bond acceptors (Lipinski definition) is 4. The van der Waals surface area contributed by atoms with Crippen LogP contribution in [-0.2, 0) is 4.79 Å². The predicted octanol–water partition coefficient (Wildman–Crippen LogP) is 4.76. The summed E-state index contributed by atoms with van der Waals surface area (Å²) in [5.74, 6) is 0.104. The zero-order chi connectivity index (χ0) is 22.0.